The molecule has 2 heterocycles. The summed E-state index contributed by atoms with van der Waals surface area (Å²) in [6.45, 7) is 7.88. The molecule has 1 aromatic carbocycles. The molecule has 3 aromatic rings. The van der Waals surface area contributed by atoms with Crippen LogP contribution in [0, 0.1) is 13.8 Å². The number of aryl methyl sites for hydroxylation is 2. The summed E-state index contributed by atoms with van der Waals surface area (Å²) in [5, 5.41) is 3.46. The molecule has 0 fully saturated rings. The molecule has 3 rings (SSSR count). The number of fused-ring (bicyclic) bond motifs is 1. The highest BCUT2D eigenvalue weighted by atomic mass is 79.9. The van der Waals surface area contributed by atoms with Gasteiger partial charge in [0.2, 0.25) is 5.91 Å². The highest BCUT2D eigenvalue weighted by molar-refractivity contribution is 9.10. The fourth-order valence-electron chi connectivity index (χ4n) is 2.91. The quantitative estimate of drug-likeness (QED) is 0.406. The number of hydrogen-bond acceptors (Lipinski definition) is 4. The molecule has 0 aliphatic heterocycles. The zero-order valence-corrected chi connectivity index (χ0v) is 18.7. The zero-order valence-electron chi connectivity index (χ0n) is 16.3. The number of H-pyrrole nitrogens is 1. The van der Waals surface area contributed by atoms with E-state index in [0.29, 0.717) is 16.2 Å². The highest BCUT2D eigenvalue weighted by Gasteiger charge is 2.18. The van der Waals surface area contributed by atoms with Crippen LogP contribution < -0.4 is 10.9 Å². The molecule has 0 saturated carbocycles. The van der Waals surface area contributed by atoms with E-state index in [9.17, 15) is 9.59 Å². The molecule has 1 atom stereocenters. The van der Waals surface area contributed by atoms with Gasteiger partial charge in [-0.2, -0.15) is 0 Å². The number of amides is 1. The Morgan fingerprint density at radius 2 is 2.11 bits per heavy atom. The second kappa shape index (κ2) is 8.53. The van der Waals surface area contributed by atoms with Gasteiger partial charge in [0.15, 0.2) is 5.16 Å². The standard InChI is InChI=1S/C20H23BrN4O2S/c1-5-13(4)25-19(27)18-16(9-12(3)22-18)24-20(25)28-10-17(26)23-14-6-7-15(21)11(2)8-14/h6-9,13,22H,5,10H2,1-4H3,(H,23,26). The van der Waals surface area contributed by atoms with E-state index in [2.05, 4.69) is 31.2 Å². The van der Waals surface area contributed by atoms with E-state index in [1.165, 1.54) is 11.8 Å². The van der Waals surface area contributed by atoms with E-state index in [-0.39, 0.29) is 23.3 Å². The SMILES string of the molecule is CCC(C)n1c(SCC(=O)Nc2ccc(Br)c(C)c2)nc2cc(C)[nH]c2c1=O. The van der Waals surface area contributed by atoms with Crippen molar-refractivity contribution in [2.24, 2.45) is 0 Å². The predicted octanol–water partition coefficient (Wildman–Crippen LogP) is 4.81. The van der Waals surface area contributed by atoms with Crippen LogP contribution in [0.3, 0.4) is 0 Å². The first-order valence-electron chi connectivity index (χ1n) is 9.10. The van der Waals surface area contributed by atoms with E-state index in [1.54, 1.807) is 4.57 Å². The molecule has 0 saturated heterocycles. The molecule has 8 heteroatoms. The second-order valence-corrected chi connectivity index (χ2v) is 8.64. The van der Waals surface area contributed by atoms with E-state index >= 15 is 0 Å². The van der Waals surface area contributed by atoms with Crippen molar-refractivity contribution in [3.05, 3.63) is 50.3 Å². The second-order valence-electron chi connectivity index (χ2n) is 6.84. The molecule has 0 radical (unpaired) electrons. The van der Waals surface area contributed by atoms with Crippen molar-refractivity contribution in [3.63, 3.8) is 0 Å². The molecule has 148 valence electrons. The summed E-state index contributed by atoms with van der Waals surface area (Å²) in [6, 6.07) is 7.51. The lowest BCUT2D eigenvalue weighted by molar-refractivity contribution is -0.113. The van der Waals surface area contributed by atoms with Gasteiger partial charge in [-0.05, 0) is 57.0 Å². The number of nitrogens with one attached hydrogen (secondary N) is 2. The number of halogens is 1. The maximum absolute atomic E-state index is 12.9. The first-order chi connectivity index (χ1) is 13.3. The van der Waals surface area contributed by atoms with Crippen molar-refractivity contribution < 1.29 is 4.79 Å². The van der Waals surface area contributed by atoms with Crippen LogP contribution >= 0.6 is 27.7 Å². The Balaban J connectivity index is 1.83. The molecule has 6 nitrogen and oxygen atoms in total. The van der Waals surface area contributed by atoms with Crippen LogP contribution in [0.5, 0.6) is 0 Å². The Kier molecular flexibility index (Phi) is 6.30. The van der Waals surface area contributed by atoms with Gasteiger partial charge in [0.1, 0.15) is 5.52 Å². The van der Waals surface area contributed by atoms with Crippen molar-refractivity contribution in [3.8, 4) is 0 Å². The summed E-state index contributed by atoms with van der Waals surface area (Å²) < 4.78 is 2.68. The number of anilines is 1. The van der Waals surface area contributed by atoms with Crippen LogP contribution in [0.4, 0.5) is 5.69 Å². The van der Waals surface area contributed by atoms with Crippen LogP contribution in [-0.4, -0.2) is 26.2 Å². The number of thioether (sulfide) groups is 1. The minimum absolute atomic E-state index is 0.00677. The van der Waals surface area contributed by atoms with Crippen LogP contribution in [0.2, 0.25) is 0 Å². The summed E-state index contributed by atoms with van der Waals surface area (Å²) in [7, 11) is 0. The van der Waals surface area contributed by atoms with Gasteiger partial charge in [-0.15, -0.1) is 0 Å². The molecule has 0 spiro atoms. The van der Waals surface area contributed by atoms with Gasteiger partial charge in [0, 0.05) is 21.9 Å². The summed E-state index contributed by atoms with van der Waals surface area (Å²) in [5.74, 6) is 0.0365. The van der Waals surface area contributed by atoms with E-state index in [0.717, 1.165) is 27.8 Å². The minimum Gasteiger partial charge on any atom is -0.353 e. The fourth-order valence-corrected chi connectivity index (χ4v) is 4.06. The van der Waals surface area contributed by atoms with E-state index < -0.39 is 0 Å². The lowest BCUT2D eigenvalue weighted by Gasteiger charge is -2.17. The average Bonchev–Trinajstić information content (AvgIpc) is 3.03. The van der Waals surface area contributed by atoms with Crippen molar-refractivity contribution >= 4 is 50.3 Å². The maximum atomic E-state index is 12.9. The smallest absolute Gasteiger partial charge is 0.278 e. The van der Waals surface area contributed by atoms with Gasteiger partial charge >= 0.3 is 0 Å². The van der Waals surface area contributed by atoms with E-state index in [4.69, 9.17) is 0 Å². The van der Waals surface area contributed by atoms with Crippen molar-refractivity contribution in [2.75, 3.05) is 11.1 Å². The Hall–Kier alpha value is -2.06. The number of rotatable bonds is 6. The van der Waals surface area contributed by atoms with Crippen LogP contribution in [0.15, 0.2) is 38.7 Å². The third-order valence-corrected chi connectivity index (χ3v) is 6.43. The fraction of sp³-hybridized carbons (Fsp3) is 0.350. The van der Waals surface area contributed by atoms with Crippen LogP contribution in [-0.2, 0) is 4.79 Å². The first kappa shape index (κ1) is 20.7. The highest BCUT2D eigenvalue weighted by Crippen LogP contribution is 2.24. The third kappa shape index (κ3) is 4.33. The molecule has 0 bridgehead atoms. The minimum atomic E-state index is -0.137. The zero-order chi connectivity index (χ0) is 20.4. The molecular formula is C20H23BrN4O2S. The molecule has 1 unspecified atom stereocenters. The van der Waals surface area contributed by atoms with Gasteiger partial charge < -0.3 is 10.3 Å². The van der Waals surface area contributed by atoms with Crippen molar-refractivity contribution in [1.29, 1.82) is 0 Å². The molecule has 2 N–H and O–H groups in total. The molecular weight excluding hydrogens is 440 g/mol. The van der Waals surface area contributed by atoms with Gasteiger partial charge in [-0.3, -0.25) is 14.2 Å². The number of nitrogens with zero attached hydrogens (tertiary/aromatic N) is 2. The topological polar surface area (TPSA) is 79.8 Å². The largest absolute Gasteiger partial charge is 0.353 e. The Bertz CT molecular complexity index is 1090. The maximum Gasteiger partial charge on any atom is 0.278 e. The van der Waals surface area contributed by atoms with Gasteiger partial charge in [0.25, 0.3) is 5.56 Å². The average molecular weight is 463 g/mol. The number of carbonyl (C=O) groups is 1. The monoisotopic (exact) mass is 462 g/mol. The summed E-state index contributed by atoms with van der Waals surface area (Å²) in [5.41, 5.74) is 3.73. The molecule has 0 aliphatic carbocycles. The number of benzene rings is 1. The number of aromatic nitrogens is 3. The molecule has 28 heavy (non-hydrogen) atoms. The molecule has 1 amide bonds. The van der Waals surface area contributed by atoms with Gasteiger partial charge in [-0.1, -0.05) is 34.6 Å². The van der Waals surface area contributed by atoms with Crippen molar-refractivity contribution in [2.45, 2.75) is 45.3 Å². The Labute approximate surface area is 176 Å². The van der Waals surface area contributed by atoms with Crippen molar-refractivity contribution in [1.82, 2.24) is 14.5 Å². The molecule has 2 aromatic heterocycles. The van der Waals surface area contributed by atoms with Crippen LogP contribution in [0.1, 0.15) is 37.6 Å². The normalized spacial score (nSPS) is 12.3. The number of carbonyl (C=O) groups excluding carboxylic acids is 1. The lowest BCUT2D eigenvalue weighted by Crippen LogP contribution is -2.26. The summed E-state index contributed by atoms with van der Waals surface area (Å²) in [4.78, 5) is 33.1. The summed E-state index contributed by atoms with van der Waals surface area (Å²) in [6.07, 6.45) is 0.796. The Morgan fingerprint density at radius 3 is 2.79 bits per heavy atom. The third-order valence-electron chi connectivity index (χ3n) is 4.59. The van der Waals surface area contributed by atoms with Gasteiger partial charge in [0.05, 0.1) is 11.3 Å². The van der Waals surface area contributed by atoms with Crippen LogP contribution in [0.25, 0.3) is 11.0 Å². The number of aromatic amines is 1. The summed E-state index contributed by atoms with van der Waals surface area (Å²) >= 11 is 4.73. The number of hydrogen-bond donors (Lipinski definition) is 2. The predicted molar refractivity (Wildman–Crippen MR) is 118 cm³/mol. The van der Waals surface area contributed by atoms with Gasteiger partial charge in [-0.25, -0.2) is 4.98 Å². The first-order valence-corrected chi connectivity index (χ1v) is 10.9. The van der Waals surface area contributed by atoms with E-state index in [1.807, 2.05) is 52.0 Å². The Morgan fingerprint density at radius 1 is 1.36 bits per heavy atom. The lowest BCUT2D eigenvalue weighted by atomic mass is 10.2. The molecule has 0 aliphatic rings.